The molecule has 1 aromatic carbocycles. The first-order chi connectivity index (χ1) is 10.6. The second kappa shape index (κ2) is 8.33. The van der Waals surface area contributed by atoms with E-state index in [4.69, 9.17) is 0 Å². The Labute approximate surface area is 134 Å². The molecule has 0 saturated heterocycles. The molecule has 0 spiro atoms. The Bertz CT molecular complexity index is 450. The van der Waals surface area contributed by atoms with Gasteiger partial charge in [0.1, 0.15) is 6.04 Å². The maximum Gasteiger partial charge on any atom is 0.321 e. The standard InChI is InChI=1S/C19H29NO2/c1-14(2)17-10-8-16(9-11-17)13-20-18(19(21)22)12-15-6-4-3-5-7-15/h3-7,14,16-18,20H,8-13H2,1-2H3,(H,21,22)/t16?,17?,18-/m0/s1. The highest BCUT2D eigenvalue weighted by Crippen LogP contribution is 2.32. The molecule has 1 fully saturated rings. The molecule has 0 unspecified atom stereocenters. The van der Waals surface area contributed by atoms with E-state index in [-0.39, 0.29) is 0 Å². The summed E-state index contributed by atoms with van der Waals surface area (Å²) in [6, 6.07) is 9.38. The molecule has 0 amide bonds. The highest BCUT2D eigenvalue weighted by molar-refractivity contribution is 5.73. The lowest BCUT2D eigenvalue weighted by Crippen LogP contribution is -2.41. The van der Waals surface area contributed by atoms with E-state index in [1.54, 1.807) is 0 Å². The van der Waals surface area contributed by atoms with Crippen LogP contribution < -0.4 is 5.32 Å². The summed E-state index contributed by atoms with van der Waals surface area (Å²) in [5.74, 6) is 1.52. The molecule has 1 aromatic rings. The molecule has 0 bridgehead atoms. The van der Waals surface area contributed by atoms with E-state index in [9.17, 15) is 9.90 Å². The summed E-state index contributed by atoms with van der Waals surface area (Å²) in [5.41, 5.74) is 1.07. The van der Waals surface area contributed by atoms with Gasteiger partial charge in [-0.05, 0) is 62.0 Å². The summed E-state index contributed by atoms with van der Waals surface area (Å²) >= 11 is 0. The summed E-state index contributed by atoms with van der Waals surface area (Å²) in [6.45, 7) is 5.45. The summed E-state index contributed by atoms with van der Waals surface area (Å²) in [6.07, 6.45) is 5.60. The van der Waals surface area contributed by atoms with E-state index in [0.717, 1.165) is 23.9 Å². The predicted octanol–water partition coefficient (Wildman–Crippen LogP) is 3.73. The topological polar surface area (TPSA) is 49.3 Å². The summed E-state index contributed by atoms with van der Waals surface area (Å²) in [4.78, 5) is 11.5. The SMILES string of the molecule is CC(C)C1CCC(CN[C@@H](Cc2ccccc2)C(=O)O)CC1. The lowest BCUT2D eigenvalue weighted by molar-refractivity contribution is -0.139. The van der Waals surface area contributed by atoms with Crippen molar-refractivity contribution >= 4 is 5.97 Å². The Morgan fingerprint density at radius 1 is 1.18 bits per heavy atom. The zero-order valence-corrected chi connectivity index (χ0v) is 13.8. The maximum absolute atomic E-state index is 11.5. The number of aliphatic carboxylic acids is 1. The minimum atomic E-state index is -0.750. The molecule has 2 N–H and O–H groups in total. The van der Waals surface area contributed by atoms with Crippen molar-refractivity contribution in [2.24, 2.45) is 17.8 Å². The van der Waals surface area contributed by atoms with Crippen LogP contribution in [0.2, 0.25) is 0 Å². The monoisotopic (exact) mass is 303 g/mol. The van der Waals surface area contributed by atoms with E-state index in [1.807, 2.05) is 30.3 Å². The zero-order chi connectivity index (χ0) is 15.9. The van der Waals surface area contributed by atoms with Gasteiger partial charge in [0.2, 0.25) is 0 Å². The van der Waals surface area contributed by atoms with Crippen LogP contribution in [0.25, 0.3) is 0 Å². The van der Waals surface area contributed by atoms with Crippen molar-refractivity contribution in [3.05, 3.63) is 35.9 Å². The second-order valence-electron chi connectivity index (χ2n) is 7.01. The van der Waals surface area contributed by atoms with E-state index in [0.29, 0.717) is 12.3 Å². The minimum Gasteiger partial charge on any atom is -0.480 e. The summed E-state index contributed by atoms with van der Waals surface area (Å²) in [7, 11) is 0. The smallest absolute Gasteiger partial charge is 0.321 e. The molecule has 0 aliphatic heterocycles. The first-order valence-electron chi connectivity index (χ1n) is 8.56. The Balaban J connectivity index is 1.79. The average molecular weight is 303 g/mol. The number of nitrogens with one attached hydrogen (secondary N) is 1. The van der Waals surface area contributed by atoms with E-state index >= 15 is 0 Å². The van der Waals surface area contributed by atoms with Gasteiger partial charge in [0.25, 0.3) is 0 Å². The van der Waals surface area contributed by atoms with Crippen LogP contribution in [0, 0.1) is 17.8 Å². The third kappa shape index (κ3) is 5.13. The Kier molecular flexibility index (Phi) is 6.44. The number of carboxylic acid groups (broad SMARTS) is 1. The van der Waals surface area contributed by atoms with Crippen LogP contribution in [0.4, 0.5) is 0 Å². The number of rotatable bonds is 7. The number of carbonyl (C=O) groups is 1. The van der Waals surface area contributed by atoms with Crippen molar-refractivity contribution in [3.63, 3.8) is 0 Å². The van der Waals surface area contributed by atoms with Gasteiger partial charge in [-0.15, -0.1) is 0 Å². The molecule has 3 nitrogen and oxygen atoms in total. The normalized spacial score (nSPS) is 23.4. The van der Waals surface area contributed by atoms with Crippen molar-refractivity contribution < 1.29 is 9.90 Å². The highest BCUT2D eigenvalue weighted by atomic mass is 16.4. The van der Waals surface area contributed by atoms with Gasteiger partial charge >= 0.3 is 5.97 Å². The van der Waals surface area contributed by atoms with E-state index in [2.05, 4.69) is 19.2 Å². The van der Waals surface area contributed by atoms with Crippen molar-refractivity contribution in [1.29, 1.82) is 0 Å². The van der Waals surface area contributed by atoms with Crippen LogP contribution >= 0.6 is 0 Å². The van der Waals surface area contributed by atoms with E-state index < -0.39 is 12.0 Å². The van der Waals surface area contributed by atoms with Gasteiger partial charge in [-0.1, -0.05) is 44.2 Å². The third-order valence-corrected chi connectivity index (χ3v) is 5.07. The van der Waals surface area contributed by atoms with Crippen LogP contribution in [0.3, 0.4) is 0 Å². The largest absolute Gasteiger partial charge is 0.480 e. The van der Waals surface area contributed by atoms with E-state index in [1.165, 1.54) is 25.7 Å². The van der Waals surface area contributed by atoms with Crippen molar-refractivity contribution in [2.75, 3.05) is 6.54 Å². The number of hydrogen-bond donors (Lipinski definition) is 2. The van der Waals surface area contributed by atoms with Gasteiger partial charge in [0.05, 0.1) is 0 Å². The molecular weight excluding hydrogens is 274 g/mol. The lowest BCUT2D eigenvalue weighted by Gasteiger charge is -2.31. The first-order valence-corrected chi connectivity index (χ1v) is 8.56. The van der Waals surface area contributed by atoms with Crippen LogP contribution in [-0.4, -0.2) is 23.7 Å². The van der Waals surface area contributed by atoms with Crippen molar-refractivity contribution in [3.8, 4) is 0 Å². The Morgan fingerprint density at radius 2 is 1.82 bits per heavy atom. The number of hydrogen-bond acceptors (Lipinski definition) is 2. The summed E-state index contributed by atoms with van der Waals surface area (Å²) in [5, 5.41) is 12.7. The van der Waals surface area contributed by atoms with Crippen molar-refractivity contribution in [2.45, 2.75) is 52.0 Å². The molecule has 1 aliphatic carbocycles. The average Bonchev–Trinajstić information content (AvgIpc) is 2.52. The van der Waals surface area contributed by atoms with Crippen LogP contribution in [0.5, 0.6) is 0 Å². The van der Waals surface area contributed by atoms with Crippen molar-refractivity contribution in [1.82, 2.24) is 5.32 Å². The fourth-order valence-corrected chi connectivity index (χ4v) is 3.46. The van der Waals surface area contributed by atoms with Gasteiger partial charge < -0.3 is 10.4 Å². The maximum atomic E-state index is 11.5. The molecule has 1 saturated carbocycles. The lowest BCUT2D eigenvalue weighted by atomic mass is 9.77. The minimum absolute atomic E-state index is 0.481. The quantitative estimate of drug-likeness (QED) is 0.807. The van der Waals surface area contributed by atoms with Gasteiger partial charge in [-0.2, -0.15) is 0 Å². The van der Waals surface area contributed by atoms with Crippen LogP contribution in [-0.2, 0) is 11.2 Å². The molecule has 2 rings (SSSR count). The fraction of sp³-hybridized carbons (Fsp3) is 0.632. The molecular formula is C19H29NO2. The van der Waals surface area contributed by atoms with Gasteiger partial charge in [0.15, 0.2) is 0 Å². The molecule has 0 radical (unpaired) electrons. The second-order valence-corrected chi connectivity index (χ2v) is 7.01. The molecule has 22 heavy (non-hydrogen) atoms. The number of benzene rings is 1. The Hall–Kier alpha value is -1.35. The van der Waals surface area contributed by atoms with Crippen LogP contribution in [0.15, 0.2) is 30.3 Å². The predicted molar refractivity (Wildman–Crippen MR) is 89.9 cm³/mol. The summed E-state index contributed by atoms with van der Waals surface area (Å²) < 4.78 is 0. The third-order valence-electron chi connectivity index (χ3n) is 5.07. The molecule has 1 atom stereocenters. The highest BCUT2D eigenvalue weighted by Gasteiger charge is 2.25. The zero-order valence-electron chi connectivity index (χ0n) is 13.8. The molecule has 0 heterocycles. The molecule has 0 aromatic heterocycles. The first kappa shape index (κ1) is 17.0. The van der Waals surface area contributed by atoms with Crippen LogP contribution in [0.1, 0.15) is 45.1 Å². The Morgan fingerprint density at radius 3 is 2.36 bits per heavy atom. The van der Waals surface area contributed by atoms with Gasteiger partial charge in [-0.3, -0.25) is 4.79 Å². The number of carboxylic acids is 1. The van der Waals surface area contributed by atoms with Gasteiger partial charge in [0, 0.05) is 0 Å². The molecule has 3 heteroatoms. The fourth-order valence-electron chi connectivity index (χ4n) is 3.46. The molecule has 122 valence electrons. The molecule has 1 aliphatic rings. The van der Waals surface area contributed by atoms with Gasteiger partial charge in [-0.25, -0.2) is 0 Å².